The molecule has 2 aromatic rings. The number of hydrogen-bond donors (Lipinski definition) is 2. The van der Waals surface area contributed by atoms with Gasteiger partial charge in [0.15, 0.2) is 5.11 Å². The first kappa shape index (κ1) is 17.3. The number of benzene rings is 2. The van der Waals surface area contributed by atoms with E-state index in [0.29, 0.717) is 16.0 Å². The van der Waals surface area contributed by atoms with Crippen LogP contribution in [-0.2, 0) is 0 Å². The Hall–Kier alpha value is -1.56. The van der Waals surface area contributed by atoms with E-state index in [9.17, 15) is 0 Å². The van der Waals surface area contributed by atoms with E-state index in [-0.39, 0.29) is 10.6 Å². The number of thioether (sulfide) groups is 1. The van der Waals surface area contributed by atoms with Crippen molar-refractivity contribution < 1.29 is 0 Å². The molecule has 0 saturated carbocycles. The largest absolute Gasteiger partial charge is 0.332 e. The van der Waals surface area contributed by atoms with Crippen molar-refractivity contribution >= 4 is 52.2 Å². The van der Waals surface area contributed by atoms with Crippen LogP contribution >= 0.6 is 35.6 Å². The molecule has 0 aliphatic carbocycles. The number of anilines is 1. The minimum Gasteiger partial charge on any atom is -0.332 e. The van der Waals surface area contributed by atoms with Crippen molar-refractivity contribution in [1.82, 2.24) is 4.90 Å². The van der Waals surface area contributed by atoms with Gasteiger partial charge < -0.3 is 5.32 Å². The summed E-state index contributed by atoms with van der Waals surface area (Å²) in [6, 6.07) is 15.7. The number of nitrogens with zero attached hydrogens (tertiary/aromatic N) is 1. The van der Waals surface area contributed by atoms with Crippen LogP contribution in [0, 0.1) is 12.3 Å². The number of aryl methyl sites for hydroxylation is 1. The van der Waals surface area contributed by atoms with Crippen LogP contribution in [0.25, 0.3) is 0 Å². The van der Waals surface area contributed by atoms with E-state index >= 15 is 0 Å². The van der Waals surface area contributed by atoms with Gasteiger partial charge in [0, 0.05) is 10.7 Å². The van der Waals surface area contributed by atoms with Gasteiger partial charge in [-0.15, -0.1) is 11.8 Å². The van der Waals surface area contributed by atoms with E-state index in [1.54, 1.807) is 11.8 Å². The molecule has 6 heteroatoms. The Morgan fingerprint density at radius 3 is 2.71 bits per heavy atom. The molecule has 1 heterocycles. The zero-order chi connectivity index (χ0) is 17.3. The summed E-state index contributed by atoms with van der Waals surface area (Å²) in [6.07, 6.45) is 0. The van der Waals surface area contributed by atoms with Crippen molar-refractivity contribution in [3.63, 3.8) is 0 Å². The first-order valence-corrected chi connectivity index (χ1v) is 9.35. The molecule has 1 aliphatic rings. The van der Waals surface area contributed by atoms with Gasteiger partial charge in [-0.3, -0.25) is 10.3 Å². The Labute approximate surface area is 156 Å². The van der Waals surface area contributed by atoms with E-state index in [1.165, 1.54) is 11.1 Å². The molecule has 124 valence electrons. The maximum atomic E-state index is 8.45. The molecule has 2 N–H and O–H groups in total. The molecule has 2 aromatic carbocycles. The van der Waals surface area contributed by atoms with Crippen LogP contribution in [0.2, 0.25) is 5.02 Å². The predicted molar refractivity (Wildman–Crippen MR) is 108 cm³/mol. The van der Waals surface area contributed by atoms with E-state index in [4.69, 9.17) is 29.2 Å². The standard InChI is InChI=1S/C18H18ClN3S2/c1-11-6-3-4-9-15(11)17-22(16(20)12(2)24-17)18(23)21-14-8-5-7-13(19)10-14/h3-10,12,17,20H,1-2H3,(H,21,23). The highest BCUT2D eigenvalue weighted by Crippen LogP contribution is 2.44. The molecule has 0 bridgehead atoms. The lowest BCUT2D eigenvalue weighted by molar-refractivity contribution is 0.600. The van der Waals surface area contributed by atoms with Crippen molar-refractivity contribution in [3.05, 3.63) is 64.7 Å². The summed E-state index contributed by atoms with van der Waals surface area (Å²) in [6.45, 7) is 4.13. The molecular weight excluding hydrogens is 358 g/mol. The van der Waals surface area contributed by atoms with Crippen LogP contribution in [0.3, 0.4) is 0 Å². The molecule has 0 spiro atoms. The van der Waals surface area contributed by atoms with Gasteiger partial charge in [0.25, 0.3) is 0 Å². The molecule has 1 fully saturated rings. The summed E-state index contributed by atoms with van der Waals surface area (Å²) < 4.78 is 0. The average Bonchev–Trinajstić information content (AvgIpc) is 2.83. The fourth-order valence-electron chi connectivity index (χ4n) is 2.68. The number of halogens is 1. The zero-order valence-corrected chi connectivity index (χ0v) is 15.8. The van der Waals surface area contributed by atoms with Crippen LogP contribution in [0.5, 0.6) is 0 Å². The lowest BCUT2D eigenvalue weighted by Crippen LogP contribution is -2.38. The third-order valence-electron chi connectivity index (χ3n) is 3.96. The van der Waals surface area contributed by atoms with Gasteiger partial charge in [0.05, 0.1) is 5.25 Å². The first-order chi connectivity index (χ1) is 11.5. The van der Waals surface area contributed by atoms with Gasteiger partial charge in [0.1, 0.15) is 11.2 Å². The third-order valence-corrected chi connectivity index (χ3v) is 5.85. The third kappa shape index (κ3) is 3.43. The highest BCUT2D eigenvalue weighted by molar-refractivity contribution is 8.01. The molecule has 1 saturated heterocycles. The smallest absolute Gasteiger partial charge is 0.180 e. The monoisotopic (exact) mass is 375 g/mol. The summed E-state index contributed by atoms with van der Waals surface area (Å²) >= 11 is 13.4. The summed E-state index contributed by atoms with van der Waals surface area (Å²) in [5.74, 6) is 0.521. The van der Waals surface area contributed by atoms with Gasteiger partial charge in [-0.05, 0) is 55.4 Å². The van der Waals surface area contributed by atoms with Crippen LogP contribution in [-0.4, -0.2) is 21.1 Å². The average molecular weight is 376 g/mol. The van der Waals surface area contributed by atoms with Crippen molar-refractivity contribution in [3.8, 4) is 0 Å². The Balaban J connectivity index is 1.89. The minimum absolute atomic E-state index is 0.00730. The summed E-state index contributed by atoms with van der Waals surface area (Å²) in [5.41, 5.74) is 3.22. The molecule has 0 amide bonds. The predicted octanol–water partition coefficient (Wildman–Crippen LogP) is 5.46. The maximum absolute atomic E-state index is 8.45. The lowest BCUT2D eigenvalue weighted by Gasteiger charge is -2.27. The first-order valence-electron chi connectivity index (χ1n) is 7.62. The quantitative estimate of drug-likeness (QED) is 0.684. The number of nitrogens with one attached hydrogen (secondary N) is 2. The molecule has 3 rings (SSSR count). The minimum atomic E-state index is 0.00730. The second kappa shape index (κ2) is 7.13. The number of hydrogen-bond acceptors (Lipinski definition) is 3. The zero-order valence-electron chi connectivity index (χ0n) is 13.4. The van der Waals surface area contributed by atoms with E-state index < -0.39 is 0 Å². The Kier molecular flexibility index (Phi) is 5.13. The number of amidine groups is 1. The SMILES string of the molecule is Cc1ccccc1C1SC(C)C(=N)N1C(=S)Nc1cccc(Cl)c1. The highest BCUT2D eigenvalue weighted by atomic mass is 35.5. The summed E-state index contributed by atoms with van der Waals surface area (Å²) in [5, 5.41) is 12.9. The number of thiocarbonyl (C=S) groups is 1. The van der Waals surface area contributed by atoms with Crippen molar-refractivity contribution in [1.29, 1.82) is 5.41 Å². The van der Waals surface area contributed by atoms with Crippen LogP contribution in [0.1, 0.15) is 23.4 Å². The summed E-state index contributed by atoms with van der Waals surface area (Å²) in [4.78, 5) is 1.90. The molecule has 0 aromatic heterocycles. The molecule has 3 nitrogen and oxygen atoms in total. The van der Waals surface area contributed by atoms with Crippen molar-refractivity contribution in [2.45, 2.75) is 24.5 Å². The Bertz CT molecular complexity index is 793. The molecule has 24 heavy (non-hydrogen) atoms. The topological polar surface area (TPSA) is 39.1 Å². The van der Waals surface area contributed by atoms with Gasteiger partial charge in [0.2, 0.25) is 0 Å². The number of rotatable bonds is 2. The van der Waals surface area contributed by atoms with Gasteiger partial charge in [-0.2, -0.15) is 0 Å². The molecular formula is C18H18ClN3S2. The van der Waals surface area contributed by atoms with Gasteiger partial charge in [-0.1, -0.05) is 41.9 Å². The van der Waals surface area contributed by atoms with Gasteiger partial charge in [-0.25, -0.2) is 0 Å². The van der Waals surface area contributed by atoms with Crippen LogP contribution < -0.4 is 5.32 Å². The lowest BCUT2D eigenvalue weighted by atomic mass is 10.1. The molecule has 1 aliphatic heterocycles. The second-order valence-corrected chi connectivity index (χ2v) is 7.93. The van der Waals surface area contributed by atoms with E-state index in [1.807, 2.05) is 48.2 Å². The fraction of sp³-hybridized carbons (Fsp3) is 0.222. The van der Waals surface area contributed by atoms with Crippen molar-refractivity contribution in [2.75, 3.05) is 5.32 Å². The molecule has 2 atom stereocenters. The molecule has 0 radical (unpaired) electrons. The van der Waals surface area contributed by atoms with E-state index in [0.717, 1.165) is 5.69 Å². The highest BCUT2D eigenvalue weighted by Gasteiger charge is 2.38. The van der Waals surface area contributed by atoms with Crippen LogP contribution in [0.4, 0.5) is 5.69 Å². The Morgan fingerprint density at radius 1 is 1.25 bits per heavy atom. The summed E-state index contributed by atoms with van der Waals surface area (Å²) in [7, 11) is 0. The molecule has 2 unspecified atom stereocenters. The van der Waals surface area contributed by atoms with Gasteiger partial charge >= 0.3 is 0 Å². The Morgan fingerprint density at radius 2 is 2.00 bits per heavy atom. The van der Waals surface area contributed by atoms with E-state index in [2.05, 4.69) is 24.4 Å². The normalized spacial score (nSPS) is 20.3. The van der Waals surface area contributed by atoms with Crippen LogP contribution in [0.15, 0.2) is 48.5 Å². The van der Waals surface area contributed by atoms with Crippen molar-refractivity contribution in [2.24, 2.45) is 0 Å². The second-order valence-electron chi connectivity index (χ2n) is 5.68. The maximum Gasteiger partial charge on any atom is 0.180 e. The fourth-order valence-corrected chi connectivity index (χ4v) is 4.64.